The minimum absolute atomic E-state index is 0.169. The number of rotatable bonds is 3. The van der Waals surface area contributed by atoms with Gasteiger partial charge in [-0.2, -0.15) is 0 Å². The zero-order chi connectivity index (χ0) is 11.5. The second-order valence-electron chi connectivity index (χ2n) is 4.47. The monoisotopic (exact) mass is 219 g/mol. The smallest absolute Gasteiger partial charge is 0.272 e. The highest BCUT2D eigenvalue weighted by Gasteiger charge is 2.27. The molecule has 0 aliphatic heterocycles. The second kappa shape index (κ2) is 4.51. The standard InChI is InChI=1S/C12H17N3O/c1-8-4-5-9(8)7-15-12(16)11-10(13)3-2-6-14-11/h2-3,6,8-9H,4-5,7,13H2,1H3,(H,15,16)/t8-,9?/m1/s1. The van der Waals surface area contributed by atoms with Crippen molar-refractivity contribution in [2.75, 3.05) is 12.3 Å². The third kappa shape index (κ3) is 2.15. The third-order valence-electron chi connectivity index (χ3n) is 3.38. The molecule has 2 rings (SSSR count). The number of nitrogens with zero attached hydrogens (tertiary/aromatic N) is 1. The first kappa shape index (κ1) is 10.9. The van der Waals surface area contributed by atoms with Gasteiger partial charge in [0.2, 0.25) is 0 Å². The highest BCUT2D eigenvalue weighted by molar-refractivity contribution is 5.96. The molecule has 4 heteroatoms. The molecule has 86 valence electrons. The molecule has 0 saturated heterocycles. The predicted octanol–water partition coefficient (Wildman–Crippen LogP) is 1.44. The van der Waals surface area contributed by atoms with Crippen LogP contribution in [0.3, 0.4) is 0 Å². The van der Waals surface area contributed by atoms with Crippen molar-refractivity contribution in [2.24, 2.45) is 11.8 Å². The maximum absolute atomic E-state index is 11.8. The van der Waals surface area contributed by atoms with Crippen molar-refractivity contribution in [1.29, 1.82) is 0 Å². The van der Waals surface area contributed by atoms with Gasteiger partial charge in [-0.1, -0.05) is 13.3 Å². The summed E-state index contributed by atoms with van der Waals surface area (Å²) >= 11 is 0. The lowest BCUT2D eigenvalue weighted by Gasteiger charge is -2.33. The fourth-order valence-corrected chi connectivity index (χ4v) is 1.95. The molecule has 1 fully saturated rings. The number of pyridine rings is 1. The van der Waals surface area contributed by atoms with Crippen molar-refractivity contribution in [3.8, 4) is 0 Å². The molecule has 3 N–H and O–H groups in total. The van der Waals surface area contributed by atoms with E-state index in [2.05, 4.69) is 17.2 Å². The SMILES string of the molecule is C[C@@H]1CCC1CNC(=O)c1ncccc1N. The number of nitrogen functional groups attached to an aromatic ring is 1. The molecule has 1 heterocycles. The molecule has 4 nitrogen and oxygen atoms in total. The molecule has 1 aliphatic carbocycles. The van der Waals surface area contributed by atoms with Crippen LogP contribution < -0.4 is 11.1 Å². The Bertz CT molecular complexity index is 392. The Labute approximate surface area is 95.3 Å². The Morgan fingerprint density at radius 1 is 1.62 bits per heavy atom. The summed E-state index contributed by atoms with van der Waals surface area (Å²) in [6, 6.07) is 3.41. The summed E-state index contributed by atoms with van der Waals surface area (Å²) in [6.07, 6.45) is 4.06. The van der Waals surface area contributed by atoms with E-state index in [1.807, 2.05) is 0 Å². The van der Waals surface area contributed by atoms with Crippen LogP contribution in [0.4, 0.5) is 5.69 Å². The molecule has 0 spiro atoms. The highest BCUT2D eigenvalue weighted by atomic mass is 16.1. The number of carbonyl (C=O) groups excluding carboxylic acids is 1. The van der Waals surface area contributed by atoms with E-state index in [1.54, 1.807) is 18.3 Å². The predicted molar refractivity (Wildman–Crippen MR) is 62.9 cm³/mol. The Kier molecular flexibility index (Phi) is 3.08. The van der Waals surface area contributed by atoms with Gasteiger partial charge in [-0.3, -0.25) is 4.79 Å². The lowest BCUT2D eigenvalue weighted by Crippen LogP contribution is -2.37. The summed E-state index contributed by atoms with van der Waals surface area (Å²) in [5.74, 6) is 1.17. The summed E-state index contributed by atoms with van der Waals surface area (Å²) in [6.45, 7) is 2.95. The topological polar surface area (TPSA) is 68.0 Å². The molecular formula is C12H17N3O. The number of aromatic nitrogens is 1. The van der Waals surface area contributed by atoms with Crippen molar-refractivity contribution in [2.45, 2.75) is 19.8 Å². The van der Waals surface area contributed by atoms with E-state index < -0.39 is 0 Å². The third-order valence-corrected chi connectivity index (χ3v) is 3.38. The van der Waals surface area contributed by atoms with E-state index in [-0.39, 0.29) is 5.91 Å². The summed E-state index contributed by atoms with van der Waals surface area (Å²) in [4.78, 5) is 15.7. The lowest BCUT2D eigenvalue weighted by molar-refractivity contribution is 0.0918. The van der Waals surface area contributed by atoms with Gasteiger partial charge in [-0.15, -0.1) is 0 Å². The van der Waals surface area contributed by atoms with E-state index in [9.17, 15) is 4.79 Å². The molecule has 1 amide bonds. The van der Waals surface area contributed by atoms with Crippen LogP contribution in [0.5, 0.6) is 0 Å². The van der Waals surface area contributed by atoms with Gasteiger partial charge in [0.25, 0.3) is 5.91 Å². The molecule has 1 aliphatic rings. The number of amides is 1. The summed E-state index contributed by atoms with van der Waals surface area (Å²) in [5.41, 5.74) is 6.44. The van der Waals surface area contributed by atoms with Crippen LogP contribution in [0.2, 0.25) is 0 Å². The minimum Gasteiger partial charge on any atom is -0.397 e. The van der Waals surface area contributed by atoms with Crippen LogP contribution in [0, 0.1) is 11.8 Å². The molecule has 16 heavy (non-hydrogen) atoms. The molecular weight excluding hydrogens is 202 g/mol. The van der Waals surface area contributed by atoms with Gasteiger partial charge in [-0.25, -0.2) is 4.98 Å². The van der Waals surface area contributed by atoms with Crippen molar-refractivity contribution in [1.82, 2.24) is 10.3 Å². The molecule has 0 aromatic carbocycles. The fourth-order valence-electron chi connectivity index (χ4n) is 1.95. The lowest BCUT2D eigenvalue weighted by atomic mass is 9.75. The van der Waals surface area contributed by atoms with Gasteiger partial charge >= 0.3 is 0 Å². The van der Waals surface area contributed by atoms with E-state index in [0.29, 0.717) is 17.3 Å². The van der Waals surface area contributed by atoms with Crippen LogP contribution >= 0.6 is 0 Å². The summed E-state index contributed by atoms with van der Waals surface area (Å²) in [5, 5.41) is 2.89. The Hall–Kier alpha value is -1.58. The van der Waals surface area contributed by atoms with Gasteiger partial charge in [0.15, 0.2) is 5.69 Å². The van der Waals surface area contributed by atoms with Crippen LogP contribution in [-0.4, -0.2) is 17.4 Å². The first-order valence-corrected chi connectivity index (χ1v) is 5.67. The van der Waals surface area contributed by atoms with E-state index in [4.69, 9.17) is 5.73 Å². The van der Waals surface area contributed by atoms with E-state index in [0.717, 1.165) is 12.5 Å². The molecule has 0 bridgehead atoms. The number of carbonyl (C=O) groups is 1. The zero-order valence-corrected chi connectivity index (χ0v) is 9.44. The average Bonchev–Trinajstić information content (AvgIpc) is 2.27. The molecule has 1 unspecified atom stereocenters. The number of nitrogens with two attached hydrogens (primary N) is 1. The van der Waals surface area contributed by atoms with E-state index >= 15 is 0 Å². The van der Waals surface area contributed by atoms with Gasteiger partial charge < -0.3 is 11.1 Å². The number of anilines is 1. The largest absolute Gasteiger partial charge is 0.397 e. The highest BCUT2D eigenvalue weighted by Crippen LogP contribution is 2.32. The molecule has 0 radical (unpaired) electrons. The van der Waals surface area contributed by atoms with Gasteiger partial charge in [0, 0.05) is 12.7 Å². The van der Waals surface area contributed by atoms with Crippen LogP contribution in [0.15, 0.2) is 18.3 Å². The number of hydrogen-bond acceptors (Lipinski definition) is 3. The Morgan fingerprint density at radius 3 is 3.00 bits per heavy atom. The molecule has 1 aromatic rings. The van der Waals surface area contributed by atoms with Crippen LogP contribution in [-0.2, 0) is 0 Å². The molecule has 2 atom stereocenters. The van der Waals surface area contributed by atoms with Crippen molar-refractivity contribution in [3.05, 3.63) is 24.0 Å². The van der Waals surface area contributed by atoms with Gasteiger partial charge in [-0.05, 0) is 30.4 Å². The zero-order valence-electron chi connectivity index (χ0n) is 9.44. The molecule has 1 aromatic heterocycles. The first-order valence-electron chi connectivity index (χ1n) is 5.67. The van der Waals surface area contributed by atoms with Crippen molar-refractivity contribution >= 4 is 11.6 Å². The second-order valence-corrected chi connectivity index (χ2v) is 4.47. The maximum Gasteiger partial charge on any atom is 0.272 e. The van der Waals surface area contributed by atoms with E-state index in [1.165, 1.54) is 12.8 Å². The van der Waals surface area contributed by atoms with Crippen molar-refractivity contribution in [3.63, 3.8) is 0 Å². The Balaban J connectivity index is 1.91. The quantitative estimate of drug-likeness (QED) is 0.808. The number of hydrogen-bond donors (Lipinski definition) is 2. The normalized spacial score (nSPS) is 23.6. The first-order chi connectivity index (χ1) is 7.68. The summed E-state index contributed by atoms with van der Waals surface area (Å²) < 4.78 is 0. The van der Waals surface area contributed by atoms with Crippen LogP contribution in [0.25, 0.3) is 0 Å². The van der Waals surface area contributed by atoms with Crippen LogP contribution in [0.1, 0.15) is 30.3 Å². The number of nitrogens with one attached hydrogen (secondary N) is 1. The summed E-state index contributed by atoms with van der Waals surface area (Å²) in [7, 11) is 0. The Morgan fingerprint density at radius 2 is 2.44 bits per heavy atom. The average molecular weight is 219 g/mol. The molecule has 1 saturated carbocycles. The fraction of sp³-hybridized carbons (Fsp3) is 0.500. The van der Waals surface area contributed by atoms with Gasteiger partial charge in [0.1, 0.15) is 0 Å². The maximum atomic E-state index is 11.8. The minimum atomic E-state index is -0.169. The van der Waals surface area contributed by atoms with Crippen molar-refractivity contribution < 1.29 is 4.79 Å². The van der Waals surface area contributed by atoms with Gasteiger partial charge in [0.05, 0.1) is 5.69 Å².